The topological polar surface area (TPSA) is 57.2 Å². The first kappa shape index (κ1) is 23.9. The number of hydrogen-bond donors (Lipinski definition) is 0. The number of carbonyl (C=O) groups excluding carboxylic acids is 1. The standard InChI is InChI=1S/C23H26F3NO5/c1-22(2)19(14-28)27(13-12-15-8-10-16(11-9-15)31-23(24,25)26)21(32-22)20-17(29-3)6-5-7-18(20)30-4/h5-11,14,19,21H,12-13H2,1-4H3. The van der Waals surface area contributed by atoms with Gasteiger partial charge in [-0.15, -0.1) is 13.2 Å². The van der Waals surface area contributed by atoms with E-state index in [9.17, 15) is 18.0 Å². The average molecular weight is 453 g/mol. The maximum Gasteiger partial charge on any atom is 0.573 e. The molecule has 0 spiro atoms. The molecule has 0 saturated carbocycles. The zero-order valence-electron chi connectivity index (χ0n) is 18.3. The summed E-state index contributed by atoms with van der Waals surface area (Å²) in [6, 6.07) is 10.5. The molecule has 174 valence electrons. The maximum atomic E-state index is 12.4. The van der Waals surface area contributed by atoms with Crippen LogP contribution in [0.2, 0.25) is 0 Å². The highest BCUT2D eigenvalue weighted by Gasteiger charge is 2.49. The van der Waals surface area contributed by atoms with Crippen molar-refractivity contribution >= 4 is 6.29 Å². The molecule has 0 radical (unpaired) electrons. The van der Waals surface area contributed by atoms with E-state index in [-0.39, 0.29) is 5.75 Å². The van der Waals surface area contributed by atoms with Gasteiger partial charge in [-0.3, -0.25) is 4.90 Å². The molecule has 9 heteroatoms. The van der Waals surface area contributed by atoms with Gasteiger partial charge in [0.1, 0.15) is 29.8 Å². The maximum absolute atomic E-state index is 12.4. The molecular weight excluding hydrogens is 427 g/mol. The summed E-state index contributed by atoms with van der Waals surface area (Å²) in [4.78, 5) is 13.9. The highest BCUT2D eigenvalue weighted by atomic mass is 19.4. The molecule has 3 rings (SSSR count). The summed E-state index contributed by atoms with van der Waals surface area (Å²) in [5.74, 6) is 0.847. The van der Waals surface area contributed by atoms with Crippen molar-refractivity contribution in [1.29, 1.82) is 0 Å². The molecule has 2 aromatic rings. The fourth-order valence-electron chi connectivity index (χ4n) is 3.93. The van der Waals surface area contributed by atoms with E-state index >= 15 is 0 Å². The lowest BCUT2D eigenvalue weighted by molar-refractivity contribution is -0.274. The summed E-state index contributed by atoms with van der Waals surface area (Å²) in [7, 11) is 3.09. The minimum Gasteiger partial charge on any atom is -0.496 e. The lowest BCUT2D eigenvalue weighted by Crippen LogP contribution is -2.43. The fourth-order valence-corrected chi connectivity index (χ4v) is 3.93. The van der Waals surface area contributed by atoms with Crippen LogP contribution in [0.25, 0.3) is 0 Å². The first-order chi connectivity index (χ1) is 15.1. The summed E-state index contributed by atoms with van der Waals surface area (Å²) in [5.41, 5.74) is 0.686. The molecule has 6 nitrogen and oxygen atoms in total. The molecule has 1 saturated heterocycles. The molecule has 1 heterocycles. The van der Waals surface area contributed by atoms with E-state index < -0.39 is 24.2 Å². The lowest BCUT2D eigenvalue weighted by atomic mass is 9.99. The number of alkyl halides is 3. The van der Waals surface area contributed by atoms with Crippen molar-refractivity contribution in [2.45, 2.75) is 44.5 Å². The van der Waals surface area contributed by atoms with Crippen molar-refractivity contribution in [3.63, 3.8) is 0 Å². The molecule has 0 amide bonds. The molecule has 32 heavy (non-hydrogen) atoms. The summed E-state index contributed by atoms with van der Waals surface area (Å²) in [6.07, 6.45) is -4.02. The number of benzene rings is 2. The second kappa shape index (κ2) is 9.38. The largest absolute Gasteiger partial charge is 0.573 e. The molecule has 0 aliphatic carbocycles. The first-order valence-corrected chi connectivity index (χ1v) is 10.0. The molecule has 2 unspecified atom stereocenters. The fraction of sp³-hybridized carbons (Fsp3) is 0.435. The van der Waals surface area contributed by atoms with Crippen LogP contribution < -0.4 is 14.2 Å². The van der Waals surface area contributed by atoms with Gasteiger partial charge in [-0.2, -0.15) is 0 Å². The molecule has 2 atom stereocenters. The van der Waals surface area contributed by atoms with Crippen molar-refractivity contribution in [1.82, 2.24) is 4.90 Å². The Morgan fingerprint density at radius 1 is 1.06 bits per heavy atom. The molecule has 1 aliphatic heterocycles. The van der Waals surface area contributed by atoms with Crippen molar-refractivity contribution in [3.05, 3.63) is 53.6 Å². The molecule has 1 aliphatic rings. The Morgan fingerprint density at radius 2 is 1.66 bits per heavy atom. The van der Waals surface area contributed by atoms with Gasteiger partial charge in [-0.25, -0.2) is 0 Å². The van der Waals surface area contributed by atoms with Crippen LogP contribution in [0.3, 0.4) is 0 Å². The van der Waals surface area contributed by atoms with Gasteiger partial charge in [0.15, 0.2) is 0 Å². The van der Waals surface area contributed by atoms with Crippen molar-refractivity contribution < 1.29 is 36.9 Å². The third-order valence-corrected chi connectivity index (χ3v) is 5.44. The Hall–Kier alpha value is -2.78. The van der Waals surface area contributed by atoms with Crippen LogP contribution in [0, 0.1) is 0 Å². The number of carbonyl (C=O) groups is 1. The Morgan fingerprint density at radius 3 is 2.16 bits per heavy atom. The predicted molar refractivity (Wildman–Crippen MR) is 111 cm³/mol. The van der Waals surface area contributed by atoms with Crippen LogP contribution in [-0.2, 0) is 16.0 Å². The highest BCUT2D eigenvalue weighted by molar-refractivity contribution is 5.61. The van der Waals surface area contributed by atoms with Gasteiger partial charge in [-0.05, 0) is 50.1 Å². The van der Waals surface area contributed by atoms with Crippen molar-refractivity contribution in [2.75, 3.05) is 20.8 Å². The minimum absolute atomic E-state index is 0.283. The first-order valence-electron chi connectivity index (χ1n) is 10.0. The molecule has 2 aromatic carbocycles. The Kier molecular flexibility index (Phi) is 7.00. The third kappa shape index (κ3) is 5.16. The molecule has 0 aromatic heterocycles. The number of hydrogen-bond acceptors (Lipinski definition) is 6. The SMILES string of the molecule is COc1cccc(OC)c1C1OC(C)(C)C(C=O)N1CCc1ccc(OC(F)(F)F)cc1. The van der Waals surface area contributed by atoms with Crippen LogP contribution in [0.15, 0.2) is 42.5 Å². The average Bonchev–Trinajstić information content (AvgIpc) is 3.00. The van der Waals surface area contributed by atoms with Gasteiger partial charge < -0.3 is 23.7 Å². The van der Waals surface area contributed by atoms with E-state index in [0.29, 0.717) is 30.0 Å². The van der Waals surface area contributed by atoms with Gasteiger partial charge in [-0.1, -0.05) is 18.2 Å². The molecular formula is C23H26F3NO5. The number of halogens is 3. The smallest absolute Gasteiger partial charge is 0.496 e. The van der Waals surface area contributed by atoms with Crippen molar-refractivity contribution in [2.24, 2.45) is 0 Å². The summed E-state index contributed by atoms with van der Waals surface area (Å²) in [6.45, 7) is 4.09. The monoisotopic (exact) mass is 453 g/mol. The zero-order chi connectivity index (χ0) is 23.5. The zero-order valence-corrected chi connectivity index (χ0v) is 18.3. The molecule has 0 N–H and O–H groups in total. The van der Waals surface area contributed by atoms with E-state index in [0.717, 1.165) is 11.8 Å². The highest BCUT2D eigenvalue weighted by Crippen LogP contribution is 2.46. The lowest BCUT2D eigenvalue weighted by Gasteiger charge is -2.28. The van der Waals surface area contributed by atoms with Gasteiger partial charge >= 0.3 is 6.36 Å². The van der Waals surface area contributed by atoms with Crippen LogP contribution >= 0.6 is 0 Å². The van der Waals surface area contributed by atoms with Gasteiger partial charge in [0.25, 0.3) is 0 Å². The van der Waals surface area contributed by atoms with Crippen LogP contribution in [0.5, 0.6) is 17.2 Å². The van der Waals surface area contributed by atoms with E-state index in [1.54, 1.807) is 44.6 Å². The number of ether oxygens (including phenoxy) is 4. The van der Waals surface area contributed by atoms with Gasteiger partial charge in [0.2, 0.25) is 0 Å². The number of aldehydes is 1. The quantitative estimate of drug-likeness (QED) is 0.548. The van der Waals surface area contributed by atoms with Crippen LogP contribution in [0.4, 0.5) is 13.2 Å². The number of rotatable bonds is 8. The van der Waals surface area contributed by atoms with Crippen LogP contribution in [-0.4, -0.2) is 50.0 Å². The molecule has 1 fully saturated rings. The second-order valence-corrected chi connectivity index (χ2v) is 7.91. The Balaban J connectivity index is 1.86. The van der Waals surface area contributed by atoms with Crippen molar-refractivity contribution in [3.8, 4) is 17.2 Å². The van der Waals surface area contributed by atoms with Crippen LogP contribution in [0.1, 0.15) is 31.2 Å². The summed E-state index contributed by atoms with van der Waals surface area (Å²) < 4.78 is 58.4. The number of nitrogens with zero attached hydrogens (tertiary/aromatic N) is 1. The Labute approximate surface area is 184 Å². The number of methoxy groups -OCH3 is 2. The minimum atomic E-state index is -4.74. The normalized spacial score (nSPS) is 20.7. The summed E-state index contributed by atoms with van der Waals surface area (Å²) in [5, 5.41) is 0. The van der Waals surface area contributed by atoms with Gasteiger partial charge in [0.05, 0.1) is 31.4 Å². The Bertz CT molecular complexity index is 908. The van der Waals surface area contributed by atoms with E-state index in [1.165, 1.54) is 12.1 Å². The third-order valence-electron chi connectivity index (χ3n) is 5.44. The van der Waals surface area contributed by atoms with E-state index in [4.69, 9.17) is 14.2 Å². The van der Waals surface area contributed by atoms with E-state index in [1.807, 2.05) is 18.7 Å². The second-order valence-electron chi connectivity index (χ2n) is 7.91. The van der Waals surface area contributed by atoms with E-state index in [2.05, 4.69) is 4.74 Å². The van der Waals surface area contributed by atoms with Gasteiger partial charge in [0, 0.05) is 6.54 Å². The summed E-state index contributed by atoms with van der Waals surface area (Å²) >= 11 is 0. The molecule has 0 bridgehead atoms. The predicted octanol–water partition coefficient (Wildman–Crippen LogP) is 4.52.